The summed E-state index contributed by atoms with van der Waals surface area (Å²) in [5, 5.41) is 8.20. The summed E-state index contributed by atoms with van der Waals surface area (Å²) in [4.78, 5) is 0. The Morgan fingerprint density at radius 3 is 1.61 bits per heavy atom. The Balaban J connectivity index is 0.972. The van der Waals surface area contributed by atoms with Crippen molar-refractivity contribution in [1.82, 2.24) is 9.13 Å². The van der Waals surface area contributed by atoms with Crippen molar-refractivity contribution >= 4 is 76.7 Å². The first-order valence-electron chi connectivity index (χ1n) is 18.3. The summed E-state index contributed by atoms with van der Waals surface area (Å²) in [6, 6.07) is 64.9. The molecule has 0 bridgehead atoms. The minimum Gasteiger partial charge on any atom is -0.456 e. The first kappa shape index (κ1) is 29.3. The molecule has 54 heavy (non-hydrogen) atoms. The van der Waals surface area contributed by atoms with Gasteiger partial charge in [0.05, 0.1) is 21.9 Å². The number of fused-ring (bicyclic) bond motifs is 11. The van der Waals surface area contributed by atoms with Gasteiger partial charge in [0.1, 0.15) is 16.7 Å². The van der Waals surface area contributed by atoms with Gasteiger partial charge in [0.15, 0.2) is 0 Å². The van der Waals surface area contributed by atoms with E-state index in [0.29, 0.717) is 0 Å². The van der Waals surface area contributed by atoms with Crippen LogP contribution in [0.4, 0.5) is 0 Å². The number of hydrogen-bond acceptors (Lipinski definition) is 2. The van der Waals surface area contributed by atoms with Crippen LogP contribution in [-0.4, -0.2) is 9.13 Å². The highest BCUT2D eigenvalue weighted by Gasteiger charge is 2.20. The molecule has 0 N–H and O–H groups in total. The monoisotopic (exact) mass is 690 g/mol. The van der Waals surface area contributed by atoms with Crippen molar-refractivity contribution in [3.8, 4) is 33.6 Å². The van der Waals surface area contributed by atoms with Crippen molar-refractivity contribution in [3.63, 3.8) is 0 Å². The Kier molecular flexibility index (Phi) is 6.02. The van der Waals surface area contributed by atoms with Crippen LogP contribution in [-0.2, 0) is 0 Å². The molecule has 12 rings (SSSR count). The van der Waals surface area contributed by atoms with Crippen molar-refractivity contribution in [3.05, 3.63) is 182 Å². The molecule has 0 saturated carbocycles. The van der Waals surface area contributed by atoms with Crippen molar-refractivity contribution in [1.29, 1.82) is 0 Å². The van der Waals surface area contributed by atoms with Crippen molar-refractivity contribution in [2.75, 3.05) is 0 Å². The summed E-state index contributed by atoms with van der Waals surface area (Å²) >= 11 is 0. The molecule has 0 saturated heterocycles. The minimum absolute atomic E-state index is 0.870. The fourth-order valence-electron chi connectivity index (χ4n) is 8.64. The third kappa shape index (κ3) is 4.19. The molecule has 0 aliphatic heterocycles. The van der Waals surface area contributed by atoms with E-state index in [4.69, 9.17) is 8.83 Å². The van der Waals surface area contributed by atoms with Gasteiger partial charge in [-0.15, -0.1) is 0 Å². The lowest BCUT2D eigenvalue weighted by molar-refractivity contribution is 0.645. The topological polar surface area (TPSA) is 36.1 Å². The zero-order valence-corrected chi connectivity index (χ0v) is 29.0. The number of rotatable bonds is 4. The third-order valence-corrected chi connectivity index (χ3v) is 11.1. The van der Waals surface area contributed by atoms with E-state index in [-0.39, 0.29) is 0 Å². The molecule has 0 radical (unpaired) electrons. The number of nitrogens with zero attached hydrogens (tertiary/aromatic N) is 2. The lowest BCUT2D eigenvalue weighted by atomic mass is 10.0. The third-order valence-electron chi connectivity index (χ3n) is 11.1. The molecule has 0 aliphatic rings. The molecule has 12 aromatic rings. The first-order chi connectivity index (χ1) is 26.8. The molecule has 0 spiro atoms. The Morgan fingerprint density at radius 2 is 0.815 bits per heavy atom. The maximum absolute atomic E-state index is 6.51. The standard InChI is InChI=1S/C50H30N2O2/c1-2-10-35(11-3-1)52-45-26-20-32(30-42(45)49-39-14-6-9-17-47(39)54-50(49)52)31-18-23-36(24-19-31)51-43-15-7-4-12-37(43)40-28-33(21-25-44(40)51)34-22-27-48-41(29-34)38-13-5-8-16-46(38)53-48/h1-30H. The lowest BCUT2D eigenvalue weighted by Crippen LogP contribution is -1.94. The van der Waals surface area contributed by atoms with Gasteiger partial charge in [-0.05, 0) is 101 Å². The number of aromatic nitrogens is 2. The Hall–Kier alpha value is -7.30. The van der Waals surface area contributed by atoms with Crippen LogP contribution in [0.25, 0.3) is 110 Å². The summed E-state index contributed by atoms with van der Waals surface area (Å²) in [6.07, 6.45) is 0. The van der Waals surface area contributed by atoms with Crippen LogP contribution in [0.2, 0.25) is 0 Å². The zero-order valence-electron chi connectivity index (χ0n) is 29.0. The predicted octanol–water partition coefficient (Wildman–Crippen LogP) is 13.9. The second-order valence-corrected chi connectivity index (χ2v) is 14.1. The minimum atomic E-state index is 0.870. The lowest BCUT2D eigenvalue weighted by Gasteiger charge is -2.10. The van der Waals surface area contributed by atoms with Crippen LogP contribution in [0, 0.1) is 0 Å². The van der Waals surface area contributed by atoms with Gasteiger partial charge >= 0.3 is 0 Å². The van der Waals surface area contributed by atoms with Crippen LogP contribution in [0.5, 0.6) is 0 Å². The normalized spacial score (nSPS) is 12.1. The van der Waals surface area contributed by atoms with Gasteiger partial charge in [0.25, 0.3) is 0 Å². The fourth-order valence-corrected chi connectivity index (χ4v) is 8.64. The quantitative estimate of drug-likeness (QED) is 0.184. The molecule has 4 heterocycles. The van der Waals surface area contributed by atoms with Crippen molar-refractivity contribution < 1.29 is 8.83 Å². The molecule has 4 nitrogen and oxygen atoms in total. The Morgan fingerprint density at radius 1 is 0.296 bits per heavy atom. The van der Waals surface area contributed by atoms with Gasteiger partial charge < -0.3 is 13.4 Å². The van der Waals surface area contributed by atoms with Crippen LogP contribution < -0.4 is 0 Å². The molecule has 252 valence electrons. The number of benzene rings is 8. The van der Waals surface area contributed by atoms with Gasteiger partial charge in [0, 0.05) is 43.7 Å². The highest BCUT2D eigenvalue weighted by atomic mass is 16.3. The predicted molar refractivity (Wildman–Crippen MR) is 223 cm³/mol. The van der Waals surface area contributed by atoms with Gasteiger partial charge in [-0.2, -0.15) is 0 Å². The van der Waals surface area contributed by atoms with Crippen LogP contribution in [0.3, 0.4) is 0 Å². The average Bonchev–Trinajstić information content (AvgIpc) is 3.97. The first-order valence-corrected chi connectivity index (χ1v) is 18.3. The van der Waals surface area contributed by atoms with Gasteiger partial charge in [-0.3, -0.25) is 4.57 Å². The van der Waals surface area contributed by atoms with Gasteiger partial charge in [-0.1, -0.05) is 103 Å². The van der Waals surface area contributed by atoms with E-state index in [0.717, 1.165) is 60.9 Å². The van der Waals surface area contributed by atoms with E-state index in [9.17, 15) is 0 Å². The maximum Gasteiger partial charge on any atom is 0.213 e. The molecule has 8 aromatic carbocycles. The highest BCUT2D eigenvalue weighted by Crippen LogP contribution is 2.41. The molecular weight excluding hydrogens is 661 g/mol. The SMILES string of the molecule is c1ccc(-n2c3ccc(-c4ccc(-n5c6ccccc6c6cc(-c7ccc8oc9ccccc9c8c7)ccc65)cc4)cc3c3c4ccccc4oc32)cc1. The summed E-state index contributed by atoms with van der Waals surface area (Å²) in [7, 11) is 0. The summed E-state index contributed by atoms with van der Waals surface area (Å²) in [5.74, 6) is 0. The second kappa shape index (κ2) is 11.1. The van der Waals surface area contributed by atoms with Crippen molar-refractivity contribution in [2.45, 2.75) is 0 Å². The van der Waals surface area contributed by atoms with Crippen LogP contribution in [0.1, 0.15) is 0 Å². The van der Waals surface area contributed by atoms with E-state index in [2.05, 4.69) is 167 Å². The van der Waals surface area contributed by atoms with Crippen LogP contribution >= 0.6 is 0 Å². The molecule has 0 fully saturated rings. The van der Waals surface area contributed by atoms with E-state index in [1.54, 1.807) is 0 Å². The zero-order chi connectivity index (χ0) is 35.3. The maximum atomic E-state index is 6.51. The van der Waals surface area contributed by atoms with E-state index in [1.807, 2.05) is 24.3 Å². The molecule has 4 aromatic heterocycles. The van der Waals surface area contributed by atoms with Gasteiger partial charge in [0.2, 0.25) is 5.71 Å². The molecular formula is C50H30N2O2. The Bertz CT molecular complexity index is 3430. The van der Waals surface area contributed by atoms with Crippen LogP contribution in [0.15, 0.2) is 191 Å². The molecule has 0 atom stereocenters. The fraction of sp³-hybridized carbons (Fsp3) is 0. The molecule has 0 amide bonds. The molecule has 4 heteroatoms. The number of para-hydroxylation sites is 4. The van der Waals surface area contributed by atoms with E-state index in [1.165, 1.54) is 49.4 Å². The second-order valence-electron chi connectivity index (χ2n) is 14.1. The average molecular weight is 691 g/mol. The molecule has 0 unspecified atom stereocenters. The number of hydrogen-bond donors (Lipinski definition) is 0. The Labute approximate surface area is 309 Å². The van der Waals surface area contributed by atoms with Gasteiger partial charge in [-0.25, -0.2) is 0 Å². The summed E-state index contributed by atoms with van der Waals surface area (Å²) < 4.78 is 17.3. The summed E-state index contributed by atoms with van der Waals surface area (Å²) in [5.41, 5.74) is 14.0. The highest BCUT2D eigenvalue weighted by molar-refractivity contribution is 6.20. The van der Waals surface area contributed by atoms with Crippen molar-refractivity contribution in [2.24, 2.45) is 0 Å². The number of furan rings is 2. The smallest absolute Gasteiger partial charge is 0.213 e. The van der Waals surface area contributed by atoms with E-state index < -0.39 is 0 Å². The largest absolute Gasteiger partial charge is 0.456 e. The molecule has 0 aliphatic carbocycles. The van der Waals surface area contributed by atoms with E-state index >= 15 is 0 Å². The summed E-state index contributed by atoms with van der Waals surface area (Å²) in [6.45, 7) is 0.